The van der Waals surface area contributed by atoms with Crippen molar-refractivity contribution in [1.82, 2.24) is 4.57 Å². The van der Waals surface area contributed by atoms with Gasteiger partial charge in [0.1, 0.15) is 0 Å². The first kappa shape index (κ1) is 44.7. The molecule has 352 valence electrons. The molecule has 0 amide bonds. The van der Waals surface area contributed by atoms with E-state index in [1.54, 1.807) is 0 Å². The van der Waals surface area contributed by atoms with Crippen molar-refractivity contribution in [2.24, 2.45) is 0 Å². The van der Waals surface area contributed by atoms with Crippen LogP contribution in [-0.4, -0.2) is 4.57 Å². The standard InChI is InChI=1S/C72H54N2/c1-3-49-21-14-15-28-58(49)66-48-57(41-35-50(66)4-2)73(56-39-36-53(37-40-56)51-22-8-5-9-23-51)68-45-42-62(60-29-16-18-31-64(60)68)63-43-46-69(65-32-19-17-30-61(63)65)74-70-44-38-55(52-24-10-6-11-25-52)47-67(70)72-59(33-20-34-71(72)74)54-26-12-7-13-27-54/h5-48H,3-4H2,1-2H3. The molecule has 0 fully saturated rings. The Balaban J connectivity index is 0.998. The maximum atomic E-state index is 2.50. The molecule has 0 aliphatic heterocycles. The third-order valence-electron chi connectivity index (χ3n) is 15.2. The summed E-state index contributed by atoms with van der Waals surface area (Å²) in [6.07, 6.45) is 1.92. The average molecular weight is 947 g/mol. The van der Waals surface area contributed by atoms with E-state index >= 15 is 0 Å². The molecule has 0 aliphatic carbocycles. The van der Waals surface area contributed by atoms with E-state index in [9.17, 15) is 0 Å². The van der Waals surface area contributed by atoms with Crippen LogP contribution in [0.15, 0.2) is 267 Å². The highest BCUT2D eigenvalue weighted by Gasteiger charge is 2.23. The van der Waals surface area contributed by atoms with E-state index in [0.29, 0.717) is 0 Å². The van der Waals surface area contributed by atoms with Crippen molar-refractivity contribution >= 4 is 60.4 Å². The molecule has 2 nitrogen and oxygen atoms in total. The van der Waals surface area contributed by atoms with E-state index in [0.717, 1.165) is 35.6 Å². The van der Waals surface area contributed by atoms with Crippen molar-refractivity contribution in [2.75, 3.05) is 4.90 Å². The molecular weight excluding hydrogens is 893 g/mol. The van der Waals surface area contributed by atoms with Gasteiger partial charge in [-0.15, -0.1) is 0 Å². The second-order valence-corrected chi connectivity index (χ2v) is 19.3. The second-order valence-electron chi connectivity index (χ2n) is 19.3. The fourth-order valence-corrected chi connectivity index (χ4v) is 11.6. The van der Waals surface area contributed by atoms with Gasteiger partial charge >= 0.3 is 0 Å². The Morgan fingerprint density at radius 1 is 0.297 bits per heavy atom. The maximum absolute atomic E-state index is 2.50. The molecule has 0 radical (unpaired) electrons. The van der Waals surface area contributed by atoms with Crippen LogP contribution in [0.25, 0.3) is 105 Å². The summed E-state index contributed by atoms with van der Waals surface area (Å²) in [5.74, 6) is 0. The lowest BCUT2D eigenvalue weighted by atomic mass is 9.91. The van der Waals surface area contributed by atoms with Crippen molar-refractivity contribution in [3.05, 3.63) is 278 Å². The highest BCUT2D eigenvalue weighted by molar-refractivity contribution is 6.18. The first-order valence-corrected chi connectivity index (χ1v) is 26.0. The van der Waals surface area contributed by atoms with Gasteiger partial charge in [0.05, 0.1) is 22.4 Å². The van der Waals surface area contributed by atoms with Gasteiger partial charge in [0.25, 0.3) is 0 Å². The monoisotopic (exact) mass is 946 g/mol. The first-order chi connectivity index (χ1) is 36.6. The Labute approximate surface area is 433 Å². The van der Waals surface area contributed by atoms with Crippen molar-refractivity contribution < 1.29 is 0 Å². The molecule has 0 spiro atoms. The summed E-state index contributed by atoms with van der Waals surface area (Å²) in [5.41, 5.74) is 21.8. The number of nitrogens with zero attached hydrogens (tertiary/aromatic N) is 2. The largest absolute Gasteiger partial charge is 0.310 e. The minimum absolute atomic E-state index is 0.949. The van der Waals surface area contributed by atoms with Gasteiger partial charge in [0, 0.05) is 32.9 Å². The number of benzene rings is 12. The number of rotatable bonds is 11. The molecular formula is C72H54N2. The van der Waals surface area contributed by atoms with Gasteiger partial charge in [-0.3, -0.25) is 0 Å². The summed E-state index contributed by atoms with van der Waals surface area (Å²) >= 11 is 0. The van der Waals surface area contributed by atoms with E-state index in [2.05, 4.69) is 290 Å². The van der Waals surface area contributed by atoms with E-state index in [-0.39, 0.29) is 0 Å². The summed E-state index contributed by atoms with van der Waals surface area (Å²) in [7, 11) is 0. The van der Waals surface area contributed by atoms with E-state index in [1.165, 1.54) is 110 Å². The number of anilines is 3. The third-order valence-corrected chi connectivity index (χ3v) is 15.2. The van der Waals surface area contributed by atoms with Crippen LogP contribution in [0.3, 0.4) is 0 Å². The van der Waals surface area contributed by atoms with Gasteiger partial charge in [-0.2, -0.15) is 0 Å². The molecule has 0 bridgehead atoms. The van der Waals surface area contributed by atoms with Crippen molar-refractivity contribution in [1.29, 1.82) is 0 Å². The number of aryl methyl sites for hydroxylation is 2. The van der Waals surface area contributed by atoms with Gasteiger partial charge in [-0.25, -0.2) is 0 Å². The molecule has 13 aromatic rings. The van der Waals surface area contributed by atoms with Crippen LogP contribution >= 0.6 is 0 Å². The summed E-state index contributed by atoms with van der Waals surface area (Å²) in [5, 5.41) is 7.29. The zero-order valence-corrected chi connectivity index (χ0v) is 41.7. The van der Waals surface area contributed by atoms with Gasteiger partial charge in [0.15, 0.2) is 0 Å². The first-order valence-electron chi connectivity index (χ1n) is 26.0. The average Bonchev–Trinajstić information content (AvgIpc) is 3.85. The lowest BCUT2D eigenvalue weighted by molar-refractivity contribution is 1.12. The molecule has 13 rings (SSSR count). The van der Waals surface area contributed by atoms with Crippen LogP contribution in [-0.2, 0) is 12.8 Å². The van der Waals surface area contributed by atoms with E-state index in [1.807, 2.05) is 0 Å². The molecule has 0 aliphatic rings. The molecule has 0 N–H and O–H groups in total. The Hall–Kier alpha value is -9.24. The topological polar surface area (TPSA) is 8.17 Å². The predicted octanol–water partition coefficient (Wildman–Crippen LogP) is 20.0. The minimum Gasteiger partial charge on any atom is -0.310 e. The number of aromatic nitrogens is 1. The summed E-state index contributed by atoms with van der Waals surface area (Å²) < 4.78 is 2.50. The normalized spacial score (nSPS) is 11.5. The van der Waals surface area contributed by atoms with Crippen molar-refractivity contribution in [2.45, 2.75) is 26.7 Å². The van der Waals surface area contributed by atoms with Gasteiger partial charge < -0.3 is 9.47 Å². The number of hydrogen-bond donors (Lipinski definition) is 0. The molecule has 74 heavy (non-hydrogen) atoms. The Morgan fingerprint density at radius 2 is 0.824 bits per heavy atom. The molecule has 1 heterocycles. The van der Waals surface area contributed by atoms with Crippen LogP contribution in [0.5, 0.6) is 0 Å². The molecule has 0 saturated carbocycles. The number of fused-ring (bicyclic) bond motifs is 5. The number of hydrogen-bond acceptors (Lipinski definition) is 1. The molecule has 12 aromatic carbocycles. The SMILES string of the molecule is CCc1ccccc1-c1cc(N(c2ccc(-c3ccccc3)cc2)c2ccc(-c3ccc(-n4c5ccc(-c6ccccc6)cc5c5c(-c6ccccc6)cccc54)c4ccccc34)c3ccccc23)ccc1CC. The lowest BCUT2D eigenvalue weighted by Crippen LogP contribution is -2.11. The van der Waals surface area contributed by atoms with Gasteiger partial charge in [-0.1, -0.05) is 226 Å². The highest BCUT2D eigenvalue weighted by Crippen LogP contribution is 2.47. The van der Waals surface area contributed by atoms with Gasteiger partial charge in [0.2, 0.25) is 0 Å². The quantitative estimate of drug-likeness (QED) is 0.125. The zero-order valence-electron chi connectivity index (χ0n) is 41.7. The van der Waals surface area contributed by atoms with Crippen LogP contribution in [0, 0.1) is 0 Å². The summed E-state index contributed by atoms with van der Waals surface area (Å²) in [4.78, 5) is 2.47. The summed E-state index contributed by atoms with van der Waals surface area (Å²) in [6.45, 7) is 4.52. The summed E-state index contributed by atoms with van der Waals surface area (Å²) in [6, 6.07) is 98.5. The van der Waals surface area contributed by atoms with Crippen molar-refractivity contribution in [3.63, 3.8) is 0 Å². The Bertz CT molecular complexity index is 4190. The van der Waals surface area contributed by atoms with E-state index in [4.69, 9.17) is 0 Å². The molecule has 0 atom stereocenters. The molecule has 0 saturated heterocycles. The predicted molar refractivity (Wildman–Crippen MR) is 316 cm³/mol. The van der Waals surface area contributed by atoms with Crippen LogP contribution in [0.2, 0.25) is 0 Å². The fraction of sp³-hybridized carbons (Fsp3) is 0.0556. The third kappa shape index (κ3) is 7.75. The van der Waals surface area contributed by atoms with E-state index < -0.39 is 0 Å². The maximum Gasteiger partial charge on any atom is 0.0547 e. The molecule has 0 unspecified atom stereocenters. The zero-order chi connectivity index (χ0) is 49.5. The Morgan fingerprint density at radius 3 is 1.53 bits per heavy atom. The van der Waals surface area contributed by atoms with Crippen LogP contribution < -0.4 is 4.90 Å². The highest BCUT2D eigenvalue weighted by atomic mass is 15.1. The van der Waals surface area contributed by atoms with Gasteiger partial charge in [-0.05, 0) is 145 Å². The molecule has 2 heteroatoms. The Kier molecular flexibility index (Phi) is 11.5. The fourth-order valence-electron chi connectivity index (χ4n) is 11.6. The van der Waals surface area contributed by atoms with Crippen LogP contribution in [0.4, 0.5) is 17.1 Å². The molecule has 1 aromatic heterocycles. The smallest absolute Gasteiger partial charge is 0.0547 e. The second kappa shape index (κ2) is 19.1. The lowest BCUT2D eigenvalue weighted by Gasteiger charge is -2.29. The van der Waals surface area contributed by atoms with Crippen LogP contribution in [0.1, 0.15) is 25.0 Å². The minimum atomic E-state index is 0.949. The van der Waals surface area contributed by atoms with Crippen molar-refractivity contribution in [3.8, 4) is 61.3 Å².